The van der Waals surface area contributed by atoms with Gasteiger partial charge in [0.1, 0.15) is 11.8 Å². The van der Waals surface area contributed by atoms with Crippen LogP contribution in [0.5, 0.6) is 0 Å². The van der Waals surface area contributed by atoms with Crippen molar-refractivity contribution in [2.75, 3.05) is 13.1 Å². The molecule has 2 fully saturated rings. The zero-order valence-corrected chi connectivity index (χ0v) is 11.4. The summed E-state index contributed by atoms with van der Waals surface area (Å²) in [5, 5.41) is 0. The molecule has 0 aromatic heterocycles. The van der Waals surface area contributed by atoms with Gasteiger partial charge in [0.25, 0.3) is 0 Å². The van der Waals surface area contributed by atoms with E-state index < -0.39 is 11.8 Å². The first-order valence-corrected chi connectivity index (χ1v) is 6.58. The highest BCUT2D eigenvalue weighted by Gasteiger charge is 2.49. The van der Waals surface area contributed by atoms with Crippen LogP contribution in [-0.4, -0.2) is 41.9 Å². The molecule has 3 atom stereocenters. The second-order valence-corrected chi connectivity index (χ2v) is 6.74. The summed E-state index contributed by atoms with van der Waals surface area (Å²) in [6, 6.07) is -0.372. The molecule has 2 aliphatic rings. The van der Waals surface area contributed by atoms with Crippen molar-refractivity contribution < 1.29 is 13.9 Å². The van der Waals surface area contributed by atoms with Gasteiger partial charge < -0.3 is 15.4 Å². The van der Waals surface area contributed by atoms with E-state index in [2.05, 4.69) is 0 Å². The van der Waals surface area contributed by atoms with E-state index in [4.69, 9.17) is 10.5 Å². The van der Waals surface area contributed by atoms with Crippen molar-refractivity contribution in [3.05, 3.63) is 0 Å². The van der Waals surface area contributed by atoms with Crippen LogP contribution in [0, 0.1) is 5.41 Å². The molecule has 1 aliphatic heterocycles. The van der Waals surface area contributed by atoms with Crippen molar-refractivity contribution in [2.45, 2.75) is 57.8 Å². The first kappa shape index (κ1) is 13.6. The Morgan fingerprint density at radius 2 is 2.11 bits per heavy atom. The normalized spacial score (nSPS) is 36.4. The molecule has 104 valence electrons. The third-order valence-corrected chi connectivity index (χ3v) is 3.85. The number of carbonyl (C=O) groups excluding carboxylic acids is 1. The van der Waals surface area contributed by atoms with Gasteiger partial charge >= 0.3 is 6.09 Å². The minimum absolute atomic E-state index is 0.115. The summed E-state index contributed by atoms with van der Waals surface area (Å²) < 4.78 is 18.9. The third kappa shape index (κ3) is 2.76. The zero-order chi connectivity index (χ0) is 13.6. The van der Waals surface area contributed by atoms with Gasteiger partial charge in [0, 0.05) is 19.1 Å². The van der Waals surface area contributed by atoms with E-state index in [0.717, 1.165) is 6.42 Å². The maximum absolute atomic E-state index is 13.6. The van der Waals surface area contributed by atoms with E-state index in [9.17, 15) is 9.18 Å². The van der Waals surface area contributed by atoms with E-state index in [1.807, 2.05) is 20.8 Å². The van der Waals surface area contributed by atoms with Gasteiger partial charge in [0.15, 0.2) is 0 Å². The Kier molecular flexibility index (Phi) is 3.30. The average molecular weight is 258 g/mol. The van der Waals surface area contributed by atoms with Crippen LogP contribution in [0.1, 0.15) is 40.0 Å². The molecule has 1 aliphatic carbocycles. The number of likely N-dealkylation sites (tertiary alicyclic amines) is 1. The first-order chi connectivity index (χ1) is 8.21. The maximum Gasteiger partial charge on any atom is 0.410 e. The lowest BCUT2D eigenvalue weighted by molar-refractivity contribution is 0.0272. The molecular weight excluding hydrogens is 235 g/mol. The molecule has 1 unspecified atom stereocenters. The summed E-state index contributed by atoms with van der Waals surface area (Å²) in [6.45, 7) is 6.77. The number of nitrogens with two attached hydrogens (primary N) is 1. The summed E-state index contributed by atoms with van der Waals surface area (Å²) >= 11 is 0. The summed E-state index contributed by atoms with van der Waals surface area (Å²) in [5.41, 5.74) is 5.15. The second kappa shape index (κ2) is 4.37. The van der Waals surface area contributed by atoms with Gasteiger partial charge in [-0.15, -0.1) is 0 Å². The molecule has 1 saturated carbocycles. The SMILES string of the molecule is CC(C)(C)OC(=O)N1CCC2(C[C@@H](F)[C@@H](N)C2)C1. The highest BCUT2D eigenvalue weighted by Crippen LogP contribution is 2.46. The van der Waals surface area contributed by atoms with Gasteiger partial charge in [-0.3, -0.25) is 0 Å². The van der Waals surface area contributed by atoms with Crippen LogP contribution >= 0.6 is 0 Å². The molecule has 2 N–H and O–H groups in total. The molecule has 18 heavy (non-hydrogen) atoms. The number of ether oxygens (including phenoxy) is 1. The van der Waals surface area contributed by atoms with Crippen molar-refractivity contribution in [1.29, 1.82) is 0 Å². The maximum atomic E-state index is 13.6. The van der Waals surface area contributed by atoms with Gasteiger partial charge in [-0.1, -0.05) is 0 Å². The summed E-state index contributed by atoms with van der Waals surface area (Å²) in [5.74, 6) is 0. The third-order valence-electron chi connectivity index (χ3n) is 3.85. The van der Waals surface area contributed by atoms with Gasteiger partial charge in [0.05, 0.1) is 0 Å². The average Bonchev–Trinajstić information content (AvgIpc) is 2.70. The lowest BCUT2D eigenvalue weighted by atomic mass is 9.85. The Hall–Kier alpha value is -0.840. The van der Waals surface area contributed by atoms with Crippen LogP contribution < -0.4 is 5.73 Å². The Morgan fingerprint density at radius 1 is 1.44 bits per heavy atom. The molecule has 1 spiro atoms. The Morgan fingerprint density at radius 3 is 2.61 bits per heavy atom. The summed E-state index contributed by atoms with van der Waals surface area (Å²) in [7, 11) is 0. The Bertz CT molecular complexity index is 330. The topological polar surface area (TPSA) is 55.6 Å². The van der Waals surface area contributed by atoms with Crippen molar-refractivity contribution in [3.8, 4) is 0 Å². The molecule has 0 radical (unpaired) electrons. The molecule has 4 nitrogen and oxygen atoms in total. The van der Waals surface area contributed by atoms with Crippen LogP contribution in [0.25, 0.3) is 0 Å². The minimum atomic E-state index is -0.927. The van der Waals surface area contributed by atoms with E-state index in [1.54, 1.807) is 4.90 Å². The number of nitrogens with zero attached hydrogens (tertiary/aromatic N) is 1. The van der Waals surface area contributed by atoms with Crippen LogP contribution in [0.3, 0.4) is 0 Å². The first-order valence-electron chi connectivity index (χ1n) is 6.58. The fraction of sp³-hybridized carbons (Fsp3) is 0.923. The highest BCUT2D eigenvalue weighted by atomic mass is 19.1. The molecule has 0 aromatic rings. The van der Waals surface area contributed by atoms with Crippen LogP contribution in [0.15, 0.2) is 0 Å². The molecule has 1 heterocycles. The fourth-order valence-electron chi connectivity index (χ4n) is 3.03. The molecule has 1 amide bonds. The largest absolute Gasteiger partial charge is 0.444 e. The number of halogens is 1. The Balaban J connectivity index is 1.95. The molecule has 1 saturated heterocycles. The van der Waals surface area contributed by atoms with Crippen LogP contribution in [0.2, 0.25) is 0 Å². The van der Waals surface area contributed by atoms with Crippen molar-refractivity contribution in [3.63, 3.8) is 0 Å². The number of rotatable bonds is 0. The van der Waals surface area contributed by atoms with E-state index in [0.29, 0.717) is 25.9 Å². The Labute approximate surface area is 108 Å². The molecule has 2 rings (SSSR count). The van der Waals surface area contributed by atoms with E-state index in [-0.39, 0.29) is 17.6 Å². The monoisotopic (exact) mass is 258 g/mol. The minimum Gasteiger partial charge on any atom is -0.444 e. The van der Waals surface area contributed by atoms with E-state index >= 15 is 0 Å². The second-order valence-electron chi connectivity index (χ2n) is 6.74. The van der Waals surface area contributed by atoms with Gasteiger partial charge in [-0.05, 0) is 45.4 Å². The van der Waals surface area contributed by atoms with Crippen molar-refractivity contribution in [1.82, 2.24) is 4.90 Å². The van der Waals surface area contributed by atoms with Crippen LogP contribution in [-0.2, 0) is 4.74 Å². The zero-order valence-electron chi connectivity index (χ0n) is 11.4. The van der Waals surface area contributed by atoms with Crippen LogP contribution in [0.4, 0.5) is 9.18 Å². The summed E-state index contributed by atoms with van der Waals surface area (Å²) in [6.07, 6.45) is 0.764. The highest BCUT2D eigenvalue weighted by molar-refractivity contribution is 5.68. The van der Waals surface area contributed by atoms with Crippen molar-refractivity contribution in [2.24, 2.45) is 11.1 Å². The van der Waals surface area contributed by atoms with E-state index in [1.165, 1.54) is 0 Å². The number of alkyl halides is 1. The predicted octanol–water partition coefficient (Wildman–Crippen LogP) is 2.07. The number of amides is 1. The van der Waals surface area contributed by atoms with Crippen molar-refractivity contribution >= 4 is 6.09 Å². The molecule has 5 heteroatoms. The smallest absolute Gasteiger partial charge is 0.410 e. The number of hydrogen-bond donors (Lipinski definition) is 1. The van der Waals surface area contributed by atoms with Gasteiger partial charge in [-0.25, -0.2) is 9.18 Å². The lowest BCUT2D eigenvalue weighted by Gasteiger charge is -2.26. The lowest BCUT2D eigenvalue weighted by Crippen LogP contribution is -2.36. The summed E-state index contributed by atoms with van der Waals surface area (Å²) in [4.78, 5) is 13.6. The molecule has 0 bridgehead atoms. The van der Waals surface area contributed by atoms with Gasteiger partial charge in [-0.2, -0.15) is 0 Å². The standard InChI is InChI=1S/C13H23FN2O2/c1-12(2,3)18-11(17)16-5-4-13(8-16)6-9(14)10(15)7-13/h9-10H,4-8,15H2,1-3H3/t9-,10+,13?/m1/s1. The number of carbonyl (C=O) groups is 1. The fourth-order valence-corrected chi connectivity index (χ4v) is 3.03. The molecule has 0 aromatic carbocycles. The predicted molar refractivity (Wildman–Crippen MR) is 67.0 cm³/mol. The number of hydrogen-bond acceptors (Lipinski definition) is 3. The molecular formula is C13H23FN2O2. The van der Waals surface area contributed by atoms with Gasteiger partial charge in [0.2, 0.25) is 0 Å². The quantitative estimate of drug-likeness (QED) is 0.723.